The van der Waals surface area contributed by atoms with Crippen LogP contribution in [0.1, 0.15) is 11.1 Å². The van der Waals surface area contributed by atoms with Gasteiger partial charge in [0.25, 0.3) is 5.56 Å². The monoisotopic (exact) mass is 416 g/mol. The van der Waals surface area contributed by atoms with Gasteiger partial charge < -0.3 is 0 Å². The van der Waals surface area contributed by atoms with E-state index in [2.05, 4.69) is 16.8 Å². The summed E-state index contributed by atoms with van der Waals surface area (Å²) < 4.78 is 42.9. The van der Waals surface area contributed by atoms with Crippen molar-refractivity contribution in [2.24, 2.45) is 0 Å². The molecule has 0 amide bonds. The van der Waals surface area contributed by atoms with E-state index in [9.17, 15) is 18.0 Å². The molecule has 0 fully saturated rings. The Bertz CT molecular complexity index is 1280. The molecule has 0 saturated carbocycles. The van der Waals surface area contributed by atoms with Crippen LogP contribution in [0.2, 0.25) is 0 Å². The predicted octanol–water partition coefficient (Wildman–Crippen LogP) is 4.54. The van der Waals surface area contributed by atoms with Crippen molar-refractivity contribution in [2.75, 3.05) is 0 Å². The summed E-state index contributed by atoms with van der Waals surface area (Å²) in [5, 5.41) is 9.13. The van der Waals surface area contributed by atoms with Gasteiger partial charge in [0.15, 0.2) is 5.16 Å². The minimum Gasteiger partial charge on any atom is -0.272 e. The van der Waals surface area contributed by atoms with Gasteiger partial charge in [0.2, 0.25) is 5.78 Å². The van der Waals surface area contributed by atoms with Crippen molar-refractivity contribution in [1.82, 2.24) is 19.2 Å². The van der Waals surface area contributed by atoms with E-state index in [4.69, 9.17) is 0 Å². The number of aromatic nitrogens is 4. The number of halogens is 3. The van der Waals surface area contributed by atoms with E-state index in [1.54, 1.807) is 40.8 Å². The van der Waals surface area contributed by atoms with Crippen LogP contribution in [0.5, 0.6) is 0 Å². The van der Waals surface area contributed by atoms with Crippen LogP contribution in [0.3, 0.4) is 0 Å². The summed E-state index contributed by atoms with van der Waals surface area (Å²) in [6, 6.07) is 12.5. The zero-order chi connectivity index (χ0) is 20.6. The summed E-state index contributed by atoms with van der Waals surface area (Å²) in [7, 11) is 0. The molecule has 5 nitrogen and oxygen atoms in total. The highest BCUT2D eigenvalue weighted by molar-refractivity contribution is 7.98. The highest BCUT2D eigenvalue weighted by Gasteiger charge is 2.33. The third-order valence-corrected chi connectivity index (χ3v) is 5.45. The van der Waals surface area contributed by atoms with Crippen LogP contribution in [0.15, 0.2) is 71.1 Å². The van der Waals surface area contributed by atoms with Crippen molar-refractivity contribution in [3.8, 4) is 0 Å². The van der Waals surface area contributed by atoms with Crippen molar-refractivity contribution in [3.05, 3.63) is 82.7 Å². The molecule has 9 heteroatoms. The Balaban J connectivity index is 1.83. The molecule has 4 aromatic rings. The first-order valence-corrected chi connectivity index (χ1v) is 9.66. The molecule has 0 N–H and O–H groups in total. The lowest BCUT2D eigenvalue weighted by Crippen LogP contribution is -2.22. The Morgan fingerprint density at radius 3 is 2.55 bits per heavy atom. The number of allylic oxidation sites excluding steroid dienone is 1. The standard InChI is InChI=1S/C20H15F3N4OS/c1-2-11-26-17(28)14-8-4-6-10-16(14)27-18(26)24-25-19(27)29-12-13-7-3-5-9-15(13)20(21,22)23/h2-10H,1,11-12H2. The van der Waals surface area contributed by atoms with Crippen LogP contribution in [0, 0.1) is 0 Å². The molecule has 2 heterocycles. The summed E-state index contributed by atoms with van der Waals surface area (Å²) in [5.74, 6) is 0.381. The number of thioether (sulfide) groups is 1. The number of rotatable bonds is 5. The normalized spacial score (nSPS) is 12.0. The molecular formula is C20H15F3N4OS. The molecule has 2 aromatic carbocycles. The topological polar surface area (TPSA) is 52.2 Å². The Labute approximate surface area is 167 Å². The van der Waals surface area contributed by atoms with E-state index >= 15 is 0 Å². The van der Waals surface area contributed by atoms with Crippen molar-refractivity contribution in [3.63, 3.8) is 0 Å². The van der Waals surface area contributed by atoms with Crippen LogP contribution >= 0.6 is 11.8 Å². The van der Waals surface area contributed by atoms with Gasteiger partial charge in [-0.1, -0.05) is 48.2 Å². The van der Waals surface area contributed by atoms with Gasteiger partial charge >= 0.3 is 6.18 Å². The van der Waals surface area contributed by atoms with Crippen molar-refractivity contribution >= 4 is 28.4 Å². The van der Waals surface area contributed by atoms with Gasteiger partial charge in [-0.15, -0.1) is 16.8 Å². The maximum Gasteiger partial charge on any atom is 0.416 e. The molecule has 0 bridgehead atoms. The number of hydrogen-bond acceptors (Lipinski definition) is 4. The van der Waals surface area contributed by atoms with Gasteiger partial charge in [-0.25, -0.2) is 0 Å². The summed E-state index contributed by atoms with van der Waals surface area (Å²) in [6.07, 6.45) is -2.85. The summed E-state index contributed by atoms with van der Waals surface area (Å²) in [6.45, 7) is 3.91. The van der Waals surface area contributed by atoms with Gasteiger partial charge in [0.05, 0.1) is 16.5 Å². The SMILES string of the molecule is C=CCn1c(=O)c2ccccc2n2c(SCc3ccccc3C(F)(F)F)nnc12. The number of hydrogen-bond donors (Lipinski definition) is 0. The second-order valence-electron chi connectivity index (χ2n) is 6.28. The van der Waals surface area contributed by atoms with E-state index in [1.807, 2.05) is 0 Å². The van der Waals surface area contributed by atoms with E-state index in [0.717, 1.165) is 17.8 Å². The van der Waals surface area contributed by atoms with Crippen LogP contribution in [0.4, 0.5) is 13.2 Å². The second kappa shape index (κ2) is 7.40. The second-order valence-corrected chi connectivity index (χ2v) is 7.23. The van der Waals surface area contributed by atoms with Crippen LogP contribution < -0.4 is 5.56 Å². The van der Waals surface area contributed by atoms with E-state index in [-0.39, 0.29) is 23.4 Å². The summed E-state index contributed by atoms with van der Waals surface area (Å²) >= 11 is 1.14. The lowest BCUT2D eigenvalue weighted by atomic mass is 10.1. The Hall–Kier alpha value is -3.07. The third-order valence-electron chi connectivity index (χ3n) is 4.47. The molecule has 2 aromatic heterocycles. The molecule has 0 aliphatic rings. The molecule has 0 aliphatic heterocycles. The predicted molar refractivity (Wildman–Crippen MR) is 106 cm³/mol. The lowest BCUT2D eigenvalue weighted by Gasteiger charge is -2.12. The molecule has 29 heavy (non-hydrogen) atoms. The van der Waals surface area contributed by atoms with Crippen molar-refractivity contribution < 1.29 is 13.2 Å². The number of fused-ring (bicyclic) bond motifs is 3. The molecule has 4 rings (SSSR count). The Morgan fingerprint density at radius 2 is 1.79 bits per heavy atom. The number of alkyl halides is 3. The average Bonchev–Trinajstić information content (AvgIpc) is 3.13. The summed E-state index contributed by atoms with van der Waals surface area (Å²) in [5.41, 5.74) is -0.135. The molecule has 0 spiro atoms. The fourth-order valence-electron chi connectivity index (χ4n) is 3.19. The van der Waals surface area contributed by atoms with E-state index in [1.165, 1.54) is 16.7 Å². The van der Waals surface area contributed by atoms with Crippen LogP contribution in [0.25, 0.3) is 16.7 Å². The van der Waals surface area contributed by atoms with Gasteiger partial charge in [0.1, 0.15) is 0 Å². The molecular weight excluding hydrogens is 401 g/mol. The van der Waals surface area contributed by atoms with Gasteiger partial charge in [-0.05, 0) is 23.8 Å². The zero-order valence-electron chi connectivity index (χ0n) is 15.1. The number of nitrogens with zero attached hydrogens (tertiary/aromatic N) is 4. The van der Waals surface area contributed by atoms with Crippen LogP contribution in [-0.4, -0.2) is 19.2 Å². The molecule has 0 saturated heterocycles. The van der Waals surface area contributed by atoms with Gasteiger partial charge in [0, 0.05) is 12.3 Å². The zero-order valence-corrected chi connectivity index (χ0v) is 15.9. The minimum absolute atomic E-state index is 0.0609. The highest BCUT2D eigenvalue weighted by Crippen LogP contribution is 2.34. The Kier molecular flexibility index (Phi) is 4.91. The number of benzene rings is 2. The maximum absolute atomic E-state index is 13.3. The number of para-hydroxylation sites is 1. The maximum atomic E-state index is 13.3. The molecule has 0 aliphatic carbocycles. The first kappa shape index (κ1) is 19.3. The van der Waals surface area contributed by atoms with Gasteiger partial charge in [-0.2, -0.15) is 13.2 Å². The van der Waals surface area contributed by atoms with Crippen LogP contribution in [-0.2, 0) is 18.5 Å². The molecule has 0 unspecified atom stereocenters. The molecule has 148 valence electrons. The van der Waals surface area contributed by atoms with Gasteiger partial charge in [-0.3, -0.25) is 13.8 Å². The third kappa shape index (κ3) is 3.42. The Morgan fingerprint density at radius 1 is 1.07 bits per heavy atom. The molecule has 0 radical (unpaired) electrons. The lowest BCUT2D eigenvalue weighted by molar-refractivity contribution is -0.138. The largest absolute Gasteiger partial charge is 0.416 e. The highest BCUT2D eigenvalue weighted by atomic mass is 32.2. The fraction of sp³-hybridized carbons (Fsp3) is 0.150. The first-order valence-electron chi connectivity index (χ1n) is 8.67. The summed E-state index contributed by atoms with van der Waals surface area (Å²) in [4.78, 5) is 12.8. The van der Waals surface area contributed by atoms with Crippen molar-refractivity contribution in [1.29, 1.82) is 0 Å². The van der Waals surface area contributed by atoms with E-state index in [0.29, 0.717) is 21.8 Å². The van der Waals surface area contributed by atoms with Crippen molar-refractivity contribution in [2.45, 2.75) is 23.6 Å². The fourth-order valence-corrected chi connectivity index (χ4v) is 4.13. The molecule has 0 atom stereocenters. The first-order chi connectivity index (χ1) is 13.9. The minimum atomic E-state index is -4.43. The smallest absolute Gasteiger partial charge is 0.272 e. The average molecular weight is 416 g/mol. The quantitative estimate of drug-likeness (QED) is 0.354. The van der Waals surface area contributed by atoms with E-state index < -0.39 is 11.7 Å².